The number of rotatable bonds is 2. The number of benzene rings is 1. The molecule has 2 aliphatic heterocycles. The number of halogens is 2. The normalized spacial score (nSPS) is 20.7. The van der Waals surface area contributed by atoms with E-state index in [-0.39, 0.29) is 24.8 Å². The van der Waals surface area contributed by atoms with Crippen molar-refractivity contribution in [3.8, 4) is 0 Å². The van der Waals surface area contributed by atoms with E-state index >= 15 is 0 Å². The molecule has 4 rings (SSSR count). The topological polar surface area (TPSA) is 54.2 Å². The summed E-state index contributed by atoms with van der Waals surface area (Å²) in [6.07, 6.45) is 3.97. The minimum atomic E-state index is 0. The van der Waals surface area contributed by atoms with E-state index in [1.54, 1.807) is 0 Å². The molecule has 0 radical (unpaired) electrons. The van der Waals surface area contributed by atoms with Crippen LogP contribution in [0, 0.1) is 5.41 Å². The molecule has 22 heavy (non-hydrogen) atoms. The van der Waals surface area contributed by atoms with Crippen LogP contribution in [0.1, 0.15) is 24.8 Å². The maximum Gasteiger partial charge on any atom is 0.139 e. The standard InChI is InChI=1S/C15H20N4O.2ClH/c1-2-12(14-13(3-1)17-20-18-14)10-19-9-6-15(11-19)4-7-16-8-5-15;;/h1-3,16H,4-11H2;2*1H. The lowest BCUT2D eigenvalue weighted by Gasteiger charge is -2.33. The number of likely N-dealkylation sites (tertiary alicyclic amines) is 1. The highest BCUT2D eigenvalue weighted by atomic mass is 35.5. The fourth-order valence-corrected chi connectivity index (χ4v) is 3.76. The lowest BCUT2D eigenvalue weighted by molar-refractivity contribution is 0.194. The average Bonchev–Trinajstić information content (AvgIpc) is 3.08. The van der Waals surface area contributed by atoms with Gasteiger partial charge in [-0.05, 0) is 66.3 Å². The molecule has 2 fully saturated rings. The van der Waals surface area contributed by atoms with Gasteiger partial charge in [0.2, 0.25) is 0 Å². The van der Waals surface area contributed by atoms with E-state index in [2.05, 4.69) is 26.6 Å². The largest absolute Gasteiger partial charge is 0.317 e. The first-order valence-electron chi connectivity index (χ1n) is 7.48. The summed E-state index contributed by atoms with van der Waals surface area (Å²) in [5, 5.41) is 11.4. The Morgan fingerprint density at radius 2 is 1.95 bits per heavy atom. The highest BCUT2D eigenvalue weighted by Gasteiger charge is 2.38. The molecule has 122 valence electrons. The number of aromatic nitrogens is 2. The van der Waals surface area contributed by atoms with Crippen LogP contribution in [-0.4, -0.2) is 41.4 Å². The van der Waals surface area contributed by atoms with Crippen LogP contribution in [0.4, 0.5) is 0 Å². The number of nitrogens with zero attached hydrogens (tertiary/aromatic N) is 3. The summed E-state index contributed by atoms with van der Waals surface area (Å²) in [6, 6.07) is 6.13. The molecule has 1 N–H and O–H groups in total. The molecule has 7 heteroatoms. The zero-order chi connectivity index (χ0) is 13.4. The summed E-state index contributed by atoms with van der Waals surface area (Å²) in [5.41, 5.74) is 3.56. The van der Waals surface area contributed by atoms with Gasteiger partial charge < -0.3 is 5.32 Å². The molecule has 0 saturated carbocycles. The number of nitrogens with one attached hydrogen (secondary N) is 1. The summed E-state index contributed by atoms with van der Waals surface area (Å²) in [6.45, 7) is 5.73. The van der Waals surface area contributed by atoms with Gasteiger partial charge in [0, 0.05) is 13.1 Å². The van der Waals surface area contributed by atoms with Crippen LogP contribution in [0.3, 0.4) is 0 Å². The highest BCUT2D eigenvalue weighted by molar-refractivity contribution is 5.85. The summed E-state index contributed by atoms with van der Waals surface area (Å²) in [4.78, 5) is 2.56. The van der Waals surface area contributed by atoms with Crippen LogP contribution in [0.15, 0.2) is 22.8 Å². The smallest absolute Gasteiger partial charge is 0.139 e. The summed E-state index contributed by atoms with van der Waals surface area (Å²) in [5.74, 6) is 0. The molecule has 0 unspecified atom stereocenters. The molecule has 0 aliphatic carbocycles. The third kappa shape index (κ3) is 3.23. The van der Waals surface area contributed by atoms with E-state index in [1.165, 1.54) is 51.0 Å². The van der Waals surface area contributed by atoms with Crippen molar-refractivity contribution in [1.82, 2.24) is 20.5 Å². The molecule has 2 aliphatic rings. The number of hydrogen-bond acceptors (Lipinski definition) is 5. The van der Waals surface area contributed by atoms with E-state index in [0.29, 0.717) is 5.41 Å². The van der Waals surface area contributed by atoms with Crippen molar-refractivity contribution in [2.45, 2.75) is 25.8 Å². The van der Waals surface area contributed by atoms with Gasteiger partial charge in [-0.2, -0.15) is 0 Å². The van der Waals surface area contributed by atoms with Gasteiger partial charge in [0.05, 0.1) is 0 Å². The maximum absolute atomic E-state index is 4.85. The van der Waals surface area contributed by atoms with Gasteiger partial charge in [0.15, 0.2) is 0 Å². The van der Waals surface area contributed by atoms with Crippen molar-refractivity contribution in [1.29, 1.82) is 0 Å². The Morgan fingerprint density at radius 1 is 1.14 bits per heavy atom. The lowest BCUT2D eigenvalue weighted by atomic mass is 9.78. The van der Waals surface area contributed by atoms with Crippen LogP contribution in [0.25, 0.3) is 11.0 Å². The summed E-state index contributed by atoms with van der Waals surface area (Å²) in [7, 11) is 0. The Morgan fingerprint density at radius 3 is 2.77 bits per heavy atom. The van der Waals surface area contributed by atoms with E-state index < -0.39 is 0 Å². The summed E-state index contributed by atoms with van der Waals surface area (Å²) >= 11 is 0. The van der Waals surface area contributed by atoms with Crippen LogP contribution >= 0.6 is 24.8 Å². The second-order valence-electron chi connectivity index (χ2n) is 6.26. The molecule has 3 heterocycles. The summed E-state index contributed by atoms with van der Waals surface area (Å²) < 4.78 is 4.85. The first-order chi connectivity index (χ1) is 9.85. The van der Waals surface area contributed by atoms with Crippen LogP contribution in [0.5, 0.6) is 0 Å². The molecule has 2 aromatic rings. The minimum absolute atomic E-state index is 0. The van der Waals surface area contributed by atoms with E-state index in [0.717, 1.165) is 17.6 Å². The fraction of sp³-hybridized carbons (Fsp3) is 0.600. The molecule has 0 amide bonds. The quantitative estimate of drug-likeness (QED) is 0.907. The van der Waals surface area contributed by atoms with Crippen LogP contribution in [-0.2, 0) is 6.54 Å². The molecule has 5 nitrogen and oxygen atoms in total. The maximum atomic E-state index is 4.85. The van der Waals surface area contributed by atoms with Gasteiger partial charge in [-0.1, -0.05) is 12.1 Å². The predicted octanol–water partition coefficient (Wildman–Crippen LogP) is 2.64. The zero-order valence-corrected chi connectivity index (χ0v) is 14.1. The third-order valence-electron chi connectivity index (χ3n) is 4.95. The van der Waals surface area contributed by atoms with Crippen molar-refractivity contribution in [2.75, 3.05) is 26.2 Å². The Kier molecular flexibility index (Phi) is 5.66. The molecule has 1 aromatic carbocycles. The zero-order valence-electron chi connectivity index (χ0n) is 12.5. The van der Waals surface area contributed by atoms with E-state index in [4.69, 9.17) is 4.63 Å². The predicted molar refractivity (Wildman–Crippen MR) is 90.7 cm³/mol. The monoisotopic (exact) mass is 344 g/mol. The van der Waals surface area contributed by atoms with Crippen molar-refractivity contribution in [3.63, 3.8) is 0 Å². The molecular formula is C15H22Cl2N4O. The molecule has 1 aromatic heterocycles. The Hall–Kier alpha value is -0.880. The Balaban J connectivity index is 0.000000882. The van der Waals surface area contributed by atoms with Crippen LogP contribution in [0.2, 0.25) is 0 Å². The number of piperidine rings is 1. The molecule has 1 spiro atoms. The van der Waals surface area contributed by atoms with Gasteiger partial charge in [-0.25, -0.2) is 4.63 Å². The van der Waals surface area contributed by atoms with Crippen molar-refractivity contribution >= 4 is 35.8 Å². The van der Waals surface area contributed by atoms with E-state index in [1.807, 2.05) is 12.1 Å². The Bertz CT molecular complexity index is 612. The van der Waals surface area contributed by atoms with Gasteiger partial charge in [0.1, 0.15) is 11.0 Å². The SMILES string of the molecule is Cl.Cl.c1cc(CN2CCC3(CCNCC3)C2)c2nonc2c1. The lowest BCUT2D eigenvalue weighted by Crippen LogP contribution is -2.38. The third-order valence-corrected chi connectivity index (χ3v) is 4.95. The molecule has 0 bridgehead atoms. The van der Waals surface area contributed by atoms with Gasteiger partial charge in [-0.15, -0.1) is 24.8 Å². The number of fused-ring (bicyclic) bond motifs is 1. The van der Waals surface area contributed by atoms with Crippen LogP contribution < -0.4 is 5.32 Å². The number of hydrogen-bond donors (Lipinski definition) is 1. The fourth-order valence-electron chi connectivity index (χ4n) is 3.76. The van der Waals surface area contributed by atoms with Gasteiger partial charge in [0.25, 0.3) is 0 Å². The second-order valence-corrected chi connectivity index (χ2v) is 6.26. The molecule has 2 saturated heterocycles. The van der Waals surface area contributed by atoms with E-state index in [9.17, 15) is 0 Å². The first-order valence-corrected chi connectivity index (χ1v) is 7.48. The highest BCUT2D eigenvalue weighted by Crippen LogP contribution is 2.39. The molecule has 0 atom stereocenters. The van der Waals surface area contributed by atoms with Crippen molar-refractivity contribution < 1.29 is 4.63 Å². The average molecular weight is 345 g/mol. The van der Waals surface area contributed by atoms with Gasteiger partial charge >= 0.3 is 0 Å². The Labute approximate surface area is 142 Å². The minimum Gasteiger partial charge on any atom is -0.317 e. The molecular weight excluding hydrogens is 323 g/mol. The van der Waals surface area contributed by atoms with Crippen molar-refractivity contribution in [2.24, 2.45) is 5.41 Å². The van der Waals surface area contributed by atoms with Gasteiger partial charge in [-0.3, -0.25) is 4.90 Å². The van der Waals surface area contributed by atoms with Crippen molar-refractivity contribution in [3.05, 3.63) is 23.8 Å². The first kappa shape index (κ1) is 17.5. The second kappa shape index (κ2) is 7.13.